The quantitative estimate of drug-likeness (QED) is 0.100. The first kappa shape index (κ1) is 44.7. The molecule has 1 unspecified atom stereocenters. The zero-order chi connectivity index (χ0) is 44.1. The lowest BCUT2D eigenvalue weighted by molar-refractivity contribution is -0.136. The molecule has 0 aliphatic carbocycles. The number of anilines is 1. The molecule has 15 heteroatoms. The van der Waals surface area contributed by atoms with Crippen molar-refractivity contribution in [2.45, 2.75) is 83.1 Å². The zero-order valence-corrected chi connectivity index (χ0v) is 35.8. The molecule has 0 spiro atoms. The summed E-state index contributed by atoms with van der Waals surface area (Å²) >= 11 is 0. The number of nitrogens with one attached hydrogen (secondary N) is 2. The van der Waals surface area contributed by atoms with E-state index in [-0.39, 0.29) is 41.7 Å². The Morgan fingerprint density at radius 1 is 0.794 bits per heavy atom. The average Bonchev–Trinajstić information content (AvgIpc) is 3.56. The first-order valence-corrected chi connectivity index (χ1v) is 22.4. The molecule has 332 valence electrons. The van der Waals surface area contributed by atoms with E-state index in [2.05, 4.69) is 20.5 Å². The number of piperazine rings is 1. The molecule has 63 heavy (non-hydrogen) atoms. The third-order valence-corrected chi connectivity index (χ3v) is 12.4. The number of unbranched alkanes of at least 4 members (excludes halogenated alkanes) is 4. The van der Waals surface area contributed by atoms with E-state index in [9.17, 15) is 33.6 Å². The summed E-state index contributed by atoms with van der Waals surface area (Å²) < 4.78 is 5.94. The highest BCUT2D eigenvalue weighted by Crippen LogP contribution is 2.34. The normalized spacial score (nSPS) is 18.2. The minimum absolute atomic E-state index is 0.0552. The number of hydrogen-bond donors (Lipinski definition) is 2. The molecule has 0 bridgehead atoms. The number of likely N-dealkylation sites (tertiary alicyclic amines) is 1. The third kappa shape index (κ3) is 11.6. The molecule has 7 amide bonds. The second kappa shape index (κ2) is 21.6. The van der Waals surface area contributed by atoms with Crippen molar-refractivity contribution in [3.05, 3.63) is 95.3 Å². The SMILES string of the molecule is O=C(/C=C/c1cccnc1)NCCCCC1CCN(C(=O)c2ccc(N3CCN(C(=O)CCCCCCOc4cccc5c4C(=O)N(C4CCC(=O)NC4=O)C5=O)CC3)cc2)CC1. The number of nitrogens with zero attached hydrogens (tertiary/aromatic N) is 5. The van der Waals surface area contributed by atoms with E-state index in [1.807, 2.05) is 46.2 Å². The van der Waals surface area contributed by atoms with Crippen LogP contribution in [0.5, 0.6) is 5.75 Å². The van der Waals surface area contributed by atoms with E-state index in [4.69, 9.17) is 4.74 Å². The smallest absolute Gasteiger partial charge is 0.266 e. The maximum atomic E-state index is 13.3. The molecule has 4 aliphatic rings. The number of hydrogen-bond acceptors (Lipinski definition) is 10. The predicted molar refractivity (Wildman–Crippen MR) is 236 cm³/mol. The van der Waals surface area contributed by atoms with E-state index in [1.165, 1.54) is 6.08 Å². The first-order valence-electron chi connectivity index (χ1n) is 22.4. The second-order valence-corrected chi connectivity index (χ2v) is 16.7. The van der Waals surface area contributed by atoms with Crippen LogP contribution >= 0.6 is 0 Å². The monoisotopic (exact) mass is 859 g/mol. The topological polar surface area (TPSA) is 179 Å². The van der Waals surface area contributed by atoms with E-state index in [1.54, 1.807) is 36.7 Å². The Morgan fingerprint density at radius 3 is 2.32 bits per heavy atom. The zero-order valence-electron chi connectivity index (χ0n) is 35.8. The van der Waals surface area contributed by atoms with E-state index in [0.29, 0.717) is 56.3 Å². The van der Waals surface area contributed by atoms with Crippen LogP contribution in [0.15, 0.2) is 73.1 Å². The Kier molecular flexibility index (Phi) is 15.3. The Hall–Kier alpha value is -6.38. The van der Waals surface area contributed by atoms with Crippen LogP contribution < -0.4 is 20.3 Å². The molecule has 0 saturated carbocycles. The van der Waals surface area contributed by atoms with Gasteiger partial charge in [0.25, 0.3) is 17.7 Å². The molecule has 3 saturated heterocycles. The number of piperidine rings is 2. The lowest BCUT2D eigenvalue weighted by Gasteiger charge is -2.36. The lowest BCUT2D eigenvalue weighted by atomic mass is 9.91. The molecular weight excluding hydrogens is 803 g/mol. The number of benzene rings is 2. The molecule has 2 N–H and O–H groups in total. The molecule has 15 nitrogen and oxygen atoms in total. The van der Waals surface area contributed by atoms with Crippen molar-refractivity contribution in [1.82, 2.24) is 30.3 Å². The molecule has 0 radical (unpaired) electrons. The van der Waals surface area contributed by atoms with Gasteiger partial charge in [0, 0.05) is 88.4 Å². The summed E-state index contributed by atoms with van der Waals surface area (Å²) in [6, 6.07) is 15.4. The predicted octanol–water partition coefficient (Wildman–Crippen LogP) is 5.01. The molecule has 3 aromatic rings. The molecular formula is C48H57N7O8. The fourth-order valence-electron chi connectivity index (χ4n) is 8.79. The summed E-state index contributed by atoms with van der Waals surface area (Å²) in [5.41, 5.74) is 2.96. The Bertz CT molecular complexity index is 2160. The van der Waals surface area contributed by atoms with Crippen molar-refractivity contribution < 1.29 is 38.3 Å². The van der Waals surface area contributed by atoms with Gasteiger partial charge in [0.2, 0.25) is 23.6 Å². The van der Waals surface area contributed by atoms with Crippen molar-refractivity contribution in [1.29, 1.82) is 0 Å². The number of pyridine rings is 1. The van der Waals surface area contributed by atoms with Crippen molar-refractivity contribution >= 4 is 53.1 Å². The van der Waals surface area contributed by atoms with Gasteiger partial charge in [-0.15, -0.1) is 0 Å². The summed E-state index contributed by atoms with van der Waals surface area (Å²) in [5.74, 6) is -1.24. The Morgan fingerprint density at radius 2 is 1.57 bits per heavy atom. The van der Waals surface area contributed by atoms with Crippen molar-refractivity contribution in [2.24, 2.45) is 5.92 Å². The van der Waals surface area contributed by atoms with Gasteiger partial charge < -0.3 is 24.8 Å². The van der Waals surface area contributed by atoms with Crippen LogP contribution in [0.2, 0.25) is 0 Å². The highest BCUT2D eigenvalue weighted by molar-refractivity contribution is 6.24. The summed E-state index contributed by atoms with van der Waals surface area (Å²) in [6.07, 6.45) is 15.5. The fourth-order valence-corrected chi connectivity index (χ4v) is 8.79. The average molecular weight is 860 g/mol. The van der Waals surface area contributed by atoms with Gasteiger partial charge in [0.15, 0.2) is 0 Å². The molecule has 1 aromatic heterocycles. The van der Waals surface area contributed by atoms with Crippen LogP contribution in [0.4, 0.5) is 5.69 Å². The summed E-state index contributed by atoms with van der Waals surface area (Å²) in [6.45, 7) is 5.22. The van der Waals surface area contributed by atoms with Crippen LogP contribution in [0.1, 0.15) is 114 Å². The Balaban J connectivity index is 0.734. The number of carbonyl (C=O) groups is 7. The molecule has 3 fully saturated rings. The van der Waals surface area contributed by atoms with Crippen LogP contribution in [0.3, 0.4) is 0 Å². The number of fused-ring (bicyclic) bond motifs is 1. The van der Waals surface area contributed by atoms with Gasteiger partial charge in [-0.05, 0) is 98.5 Å². The van der Waals surface area contributed by atoms with Crippen molar-refractivity contribution in [3.8, 4) is 5.75 Å². The molecule has 7 rings (SSSR count). The molecule has 1 atom stereocenters. The minimum Gasteiger partial charge on any atom is -0.493 e. The molecule has 5 heterocycles. The van der Waals surface area contributed by atoms with Crippen LogP contribution in [-0.4, -0.2) is 119 Å². The van der Waals surface area contributed by atoms with E-state index < -0.39 is 29.7 Å². The fraction of sp³-hybridized carbons (Fsp3) is 0.458. The Labute approximate surface area is 368 Å². The third-order valence-electron chi connectivity index (χ3n) is 12.4. The maximum Gasteiger partial charge on any atom is 0.266 e. The minimum atomic E-state index is -1.03. The van der Waals surface area contributed by atoms with Gasteiger partial charge in [-0.2, -0.15) is 0 Å². The largest absolute Gasteiger partial charge is 0.493 e. The van der Waals surface area contributed by atoms with E-state index in [0.717, 1.165) is 93.7 Å². The van der Waals surface area contributed by atoms with Gasteiger partial charge in [0.1, 0.15) is 11.8 Å². The highest BCUT2D eigenvalue weighted by Gasteiger charge is 2.46. The van der Waals surface area contributed by atoms with E-state index >= 15 is 0 Å². The summed E-state index contributed by atoms with van der Waals surface area (Å²) in [5, 5.41) is 5.15. The lowest BCUT2D eigenvalue weighted by Crippen LogP contribution is -2.54. The second-order valence-electron chi connectivity index (χ2n) is 16.7. The number of aromatic nitrogens is 1. The van der Waals surface area contributed by atoms with Crippen LogP contribution in [0.25, 0.3) is 6.08 Å². The van der Waals surface area contributed by atoms with Crippen LogP contribution in [0, 0.1) is 5.92 Å². The molecule has 2 aromatic carbocycles. The summed E-state index contributed by atoms with van der Waals surface area (Å²) in [7, 11) is 0. The molecule has 4 aliphatic heterocycles. The van der Waals surface area contributed by atoms with Crippen LogP contribution in [-0.2, 0) is 19.2 Å². The number of imide groups is 2. The number of ether oxygens (including phenoxy) is 1. The standard InChI is InChI=1S/C48H57N7O8/c56-41(20-14-35-10-8-24-49-33-35)50-25-5-4-9-34-22-26-54(27-23-34)46(60)36-15-17-37(18-16-36)52-28-30-53(31-29-52)43(58)13-3-1-2-6-32-63-40-12-7-11-38-44(40)48(62)55(47(38)61)39-19-21-42(57)51-45(39)59/h7-8,10-12,14-18,20,24,33-34,39H,1-6,9,13,19,21-23,25-32H2,(H,50,56)(H,51,57,59)/b20-14+. The van der Waals surface area contributed by atoms with Gasteiger partial charge in [-0.25, -0.2) is 0 Å². The number of carbonyl (C=O) groups excluding carboxylic acids is 7. The van der Waals surface area contributed by atoms with Gasteiger partial charge in [-0.3, -0.25) is 48.8 Å². The number of amides is 7. The van der Waals surface area contributed by atoms with Crippen molar-refractivity contribution in [2.75, 3.05) is 57.3 Å². The number of rotatable bonds is 18. The van der Waals surface area contributed by atoms with Crippen molar-refractivity contribution in [3.63, 3.8) is 0 Å². The van der Waals surface area contributed by atoms with Gasteiger partial charge in [-0.1, -0.05) is 37.8 Å². The maximum absolute atomic E-state index is 13.3. The summed E-state index contributed by atoms with van der Waals surface area (Å²) in [4.78, 5) is 99.9. The highest BCUT2D eigenvalue weighted by atomic mass is 16.5. The van der Waals surface area contributed by atoms with Gasteiger partial charge in [0.05, 0.1) is 17.7 Å². The first-order chi connectivity index (χ1) is 30.7. The van der Waals surface area contributed by atoms with Gasteiger partial charge >= 0.3 is 0 Å².